The van der Waals surface area contributed by atoms with E-state index in [0.29, 0.717) is 5.92 Å². The number of hydrogen-bond donors (Lipinski definition) is 2. The van der Waals surface area contributed by atoms with Crippen molar-refractivity contribution in [2.24, 2.45) is 0 Å². The van der Waals surface area contributed by atoms with E-state index in [1.165, 1.54) is 43.2 Å². The van der Waals surface area contributed by atoms with E-state index in [9.17, 15) is 0 Å². The minimum absolute atomic E-state index is 0.650. The third kappa shape index (κ3) is 1.71. The molecule has 3 N–H and O–H groups in total. The molecule has 1 saturated carbocycles. The second kappa shape index (κ2) is 4.10. The summed E-state index contributed by atoms with van der Waals surface area (Å²) in [5.74, 6) is 0.650. The highest BCUT2D eigenvalue weighted by molar-refractivity contribution is 5.55. The summed E-state index contributed by atoms with van der Waals surface area (Å²) in [5.41, 5.74) is 9.98. The molecular formula is C14H20N2. The Morgan fingerprint density at radius 1 is 1.25 bits per heavy atom. The van der Waals surface area contributed by atoms with Crippen molar-refractivity contribution in [1.82, 2.24) is 5.32 Å². The van der Waals surface area contributed by atoms with Crippen molar-refractivity contribution in [3.63, 3.8) is 0 Å². The lowest BCUT2D eigenvalue weighted by atomic mass is 9.92. The third-order valence-electron chi connectivity index (χ3n) is 4.16. The van der Waals surface area contributed by atoms with Gasteiger partial charge in [-0.2, -0.15) is 0 Å². The number of anilines is 1. The summed E-state index contributed by atoms with van der Waals surface area (Å²) in [6.45, 7) is 1.12. The van der Waals surface area contributed by atoms with Crippen LogP contribution in [0.5, 0.6) is 0 Å². The van der Waals surface area contributed by atoms with Gasteiger partial charge < -0.3 is 11.1 Å². The highest BCUT2D eigenvalue weighted by Gasteiger charge is 2.26. The first-order valence-corrected chi connectivity index (χ1v) is 6.45. The molecular weight excluding hydrogens is 196 g/mol. The molecule has 2 aliphatic carbocycles. The Hall–Kier alpha value is -1.02. The fourth-order valence-electron chi connectivity index (χ4n) is 2.95. The molecule has 1 fully saturated rings. The van der Waals surface area contributed by atoms with Crippen LogP contribution in [0.2, 0.25) is 0 Å². The molecule has 3 rings (SSSR count). The normalized spacial score (nSPS) is 24.1. The van der Waals surface area contributed by atoms with Crippen molar-refractivity contribution in [2.75, 3.05) is 12.3 Å². The number of aryl methyl sites for hydroxylation is 1. The zero-order valence-electron chi connectivity index (χ0n) is 9.71. The van der Waals surface area contributed by atoms with E-state index in [1.807, 2.05) is 6.07 Å². The summed E-state index contributed by atoms with van der Waals surface area (Å²) >= 11 is 0. The molecule has 86 valence electrons. The summed E-state index contributed by atoms with van der Waals surface area (Å²) in [5, 5.41) is 3.67. The van der Waals surface area contributed by atoms with Crippen molar-refractivity contribution in [1.29, 1.82) is 0 Å². The van der Waals surface area contributed by atoms with E-state index in [2.05, 4.69) is 17.4 Å². The molecule has 0 radical (unpaired) electrons. The van der Waals surface area contributed by atoms with Crippen LogP contribution in [0, 0.1) is 0 Å². The Balaban J connectivity index is 1.70. The number of nitrogens with two attached hydrogens (primary N) is 1. The van der Waals surface area contributed by atoms with Crippen LogP contribution in [0.25, 0.3) is 0 Å². The molecule has 0 spiro atoms. The lowest BCUT2D eigenvalue weighted by Gasteiger charge is -2.28. The fourth-order valence-corrected chi connectivity index (χ4v) is 2.95. The van der Waals surface area contributed by atoms with Crippen molar-refractivity contribution < 1.29 is 0 Å². The Bertz CT molecular complexity index is 382. The Morgan fingerprint density at radius 2 is 2.12 bits per heavy atom. The lowest BCUT2D eigenvalue weighted by molar-refractivity contribution is 0.331. The molecule has 1 aromatic rings. The Morgan fingerprint density at radius 3 is 2.88 bits per heavy atom. The second-order valence-corrected chi connectivity index (χ2v) is 5.19. The van der Waals surface area contributed by atoms with Gasteiger partial charge in [0.2, 0.25) is 0 Å². The quantitative estimate of drug-likeness (QED) is 0.762. The molecule has 0 aliphatic heterocycles. The van der Waals surface area contributed by atoms with E-state index in [0.717, 1.165) is 18.3 Å². The minimum atomic E-state index is 0.650. The third-order valence-corrected chi connectivity index (χ3v) is 4.16. The minimum Gasteiger partial charge on any atom is -0.398 e. The average molecular weight is 216 g/mol. The predicted octanol–water partition coefficient (Wildman–Crippen LogP) is 2.44. The van der Waals surface area contributed by atoms with Gasteiger partial charge in [0.25, 0.3) is 0 Å². The lowest BCUT2D eigenvalue weighted by Crippen LogP contribution is -2.37. The summed E-state index contributed by atoms with van der Waals surface area (Å²) in [6, 6.07) is 7.14. The number of benzene rings is 1. The van der Waals surface area contributed by atoms with Crippen LogP contribution < -0.4 is 11.1 Å². The van der Waals surface area contributed by atoms with Crippen molar-refractivity contribution in [3.05, 3.63) is 29.3 Å². The van der Waals surface area contributed by atoms with Crippen molar-refractivity contribution in [3.8, 4) is 0 Å². The van der Waals surface area contributed by atoms with E-state index in [-0.39, 0.29) is 0 Å². The molecule has 2 aliphatic rings. The Labute approximate surface area is 97.2 Å². The zero-order chi connectivity index (χ0) is 11.0. The van der Waals surface area contributed by atoms with Crippen LogP contribution >= 0.6 is 0 Å². The topological polar surface area (TPSA) is 38.0 Å². The molecule has 0 aromatic heterocycles. The second-order valence-electron chi connectivity index (χ2n) is 5.19. The van der Waals surface area contributed by atoms with Gasteiger partial charge in [-0.05, 0) is 48.8 Å². The van der Waals surface area contributed by atoms with E-state index < -0.39 is 0 Å². The standard InChI is InChI=1S/C14H20N2/c15-13-6-1-3-10-7-8-11(14(10)13)9-16-12-4-2-5-12/h1,3,6,11-12,16H,2,4-5,7-9,15H2. The summed E-state index contributed by atoms with van der Waals surface area (Å²) in [7, 11) is 0. The molecule has 1 atom stereocenters. The van der Waals surface area contributed by atoms with Crippen LogP contribution in [0.4, 0.5) is 5.69 Å². The first-order valence-electron chi connectivity index (χ1n) is 6.45. The number of rotatable bonds is 3. The van der Waals surface area contributed by atoms with Gasteiger partial charge >= 0.3 is 0 Å². The molecule has 0 saturated heterocycles. The van der Waals surface area contributed by atoms with Gasteiger partial charge in [0.05, 0.1) is 0 Å². The van der Waals surface area contributed by atoms with Gasteiger partial charge in [-0.25, -0.2) is 0 Å². The highest BCUT2D eigenvalue weighted by Crippen LogP contribution is 2.36. The Kier molecular flexibility index (Phi) is 2.60. The first-order chi connectivity index (χ1) is 7.84. The molecule has 0 amide bonds. The van der Waals surface area contributed by atoms with E-state index in [4.69, 9.17) is 5.73 Å². The first kappa shape index (κ1) is 10.2. The zero-order valence-corrected chi connectivity index (χ0v) is 9.71. The summed E-state index contributed by atoms with van der Waals surface area (Å²) < 4.78 is 0. The molecule has 0 heterocycles. The number of nitrogens with one attached hydrogen (secondary N) is 1. The molecule has 2 heteroatoms. The van der Waals surface area contributed by atoms with Gasteiger partial charge in [0.15, 0.2) is 0 Å². The number of hydrogen-bond acceptors (Lipinski definition) is 2. The maximum Gasteiger partial charge on any atom is 0.0352 e. The summed E-state index contributed by atoms with van der Waals surface area (Å²) in [4.78, 5) is 0. The number of fused-ring (bicyclic) bond motifs is 1. The highest BCUT2D eigenvalue weighted by atomic mass is 14.9. The number of nitrogen functional groups attached to an aromatic ring is 1. The van der Waals surface area contributed by atoms with Gasteiger partial charge in [0, 0.05) is 18.3 Å². The average Bonchev–Trinajstić information content (AvgIpc) is 2.61. The molecule has 2 nitrogen and oxygen atoms in total. The van der Waals surface area contributed by atoms with E-state index >= 15 is 0 Å². The fraction of sp³-hybridized carbons (Fsp3) is 0.571. The van der Waals surface area contributed by atoms with Crippen LogP contribution in [0.3, 0.4) is 0 Å². The molecule has 1 unspecified atom stereocenters. The predicted molar refractivity (Wildman–Crippen MR) is 67.6 cm³/mol. The van der Waals surface area contributed by atoms with Crippen LogP contribution in [-0.4, -0.2) is 12.6 Å². The maximum atomic E-state index is 6.09. The van der Waals surface area contributed by atoms with Gasteiger partial charge in [-0.3, -0.25) is 0 Å². The van der Waals surface area contributed by atoms with Gasteiger partial charge in [0.1, 0.15) is 0 Å². The van der Waals surface area contributed by atoms with Crippen molar-refractivity contribution in [2.45, 2.75) is 44.1 Å². The molecule has 0 bridgehead atoms. The maximum absolute atomic E-state index is 6.09. The van der Waals surface area contributed by atoms with E-state index in [1.54, 1.807) is 0 Å². The molecule has 16 heavy (non-hydrogen) atoms. The van der Waals surface area contributed by atoms with Crippen LogP contribution in [0.1, 0.15) is 42.7 Å². The smallest absolute Gasteiger partial charge is 0.0352 e. The molecule has 1 aromatic carbocycles. The SMILES string of the molecule is Nc1cccc2c1C(CNC1CCC1)CC2. The van der Waals surface area contributed by atoms with Crippen LogP contribution in [-0.2, 0) is 6.42 Å². The van der Waals surface area contributed by atoms with Gasteiger partial charge in [-0.15, -0.1) is 0 Å². The monoisotopic (exact) mass is 216 g/mol. The largest absolute Gasteiger partial charge is 0.398 e. The van der Waals surface area contributed by atoms with Crippen molar-refractivity contribution >= 4 is 5.69 Å². The van der Waals surface area contributed by atoms with Gasteiger partial charge in [-0.1, -0.05) is 18.6 Å². The summed E-state index contributed by atoms with van der Waals surface area (Å²) in [6.07, 6.45) is 6.61. The van der Waals surface area contributed by atoms with Crippen LogP contribution in [0.15, 0.2) is 18.2 Å².